The number of pyridine rings is 1. The van der Waals surface area contributed by atoms with Gasteiger partial charge in [-0.3, -0.25) is 0 Å². The van der Waals surface area contributed by atoms with Crippen LogP contribution >= 0.6 is 0 Å². The van der Waals surface area contributed by atoms with Crippen molar-refractivity contribution in [3.63, 3.8) is 0 Å². The summed E-state index contributed by atoms with van der Waals surface area (Å²) in [5, 5.41) is 8.91. The second-order valence-corrected chi connectivity index (χ2v) is 5.12. The number of hydrogen-bond acceptors (Lipinski definition) is 4. The van der Waals surface area contributed by atoms with Gasteiger partial charge >= 0.3 is 0 Å². The summed E-state index contributed by atoms with van der Waals surface area (Å²) in [5.41, 5.74) is 7.28. The Hall–Kier alpha value is -1.60. The first-order chi connectivity index (χ1) is 8.65. The molecule has 1 aromatic heterocycles. The van der Waals surface area contributed by atoms with E-state index in [4.69, 9.17) is 11.0 Å². The van der Waals surface area contributed by atoms with Gasteiger partial charge in [-0.1, -0.05) is 6.92 Å². The number of anilines is 1. The first-order valence-corrected chi connectivity index (χ1v) is 6.48. The first kappa shape index (κ1) is 12.8. The van der Waals surface area contributed by atoms with Crippen molar-refractivity contribution in [2.75, 3.05) is 24.5 Å². The maximum Gasteiger partial charge on any atom is 0.128 e. The van der Waals surface area contributed by atoms with Gasteiger partial charge in [0.05, 0.1) is 11.3 Å². The minimum atomic E-state index is 0.538. The molecule has 18 heavy (non-hydrogen) atoms. The number of hydrogen-bond donors (Lipinski definition) is 1. The zero-order chi connectivity index (χ0) is 13.1. The molecule has 2 rings (SSSR count). The molecule has 2 N–H and O–H groups in total. The van der Waals surface area contributed by atoms with Crippen molar-refractivity contribution in [1.82, 2.24) is 4.98 Å². The van der Waals surface area contributed by atoms with E-state index in [2.05, 4.69) is 22.9 Å². The van der Waals surface area contributed by atoms with Crippen molar-refractivity contribution >= 4 is 5.82 Å². The predicted molar refractivity (Wildman–Crippen MR) is 72.2 cm³/mol. The highest BCUT2D eigenvalue weighted by Gasteiger charge is 2.25. The average molecular weight is 244 g/mol. The SMILES string of the molecule is Cc1nc(N2CCC(C)C(CN)C2)ccc1C#N. The molecule has 2 atom stereocenters. The van der Waals surface area contributed by atoms with Crippen LogP contribution in [0.3, 0.4) is 0 Å². The Morgan fingerprint density at radius 1 is 1.56 bits per heavy atom. The van der Waals surface area contributed by atoms with Crippen molar-refractivity contribution in [3.05, 3.63) is 23.4 Å². The molecule has 0 aliphatic carbocycles. The summed E-state index contributed by atoms with van der Waals surface area (Å²) in [7, 11) is 0. The maximum absolute atomic E-state index is 8.91. The Kier molecular flexibility index (Phi) is 3.83. The van der Waals surface area contributed by atoms with Crippen LogP contribution in [0.1, 0.15) is 24.6 Å². The van der Waals surface area contributed by atoms with Crippen LogP contribution in [0.2, 0.25) is 0 Å². The van der Waals surface area contributed by atoms with Crippen LogP contribution in [0.4, 0.5) is 5.82 Å². The van der Waals surface area contributed by atoms with Crippen LogP contribution in [0.5, 0.6) is 0 Å². The Labute approximate surface area is 108 Å². The van der Waals surface area contributed by atoms with Gasteiger partial charge in [0.15, 0.2) is 0 Å². The fourth-order valence-corrected chi connectivity index (χ4v) is 2.51. The van der Waals surface area contributed by atoms with Crippen LogP contribution in [0, 0.1) is 30.1 Å². The van der Waals surface area contributed by atoms with Gasteiger partial charge in [0, 0.05) is 13.1 Å². The molecule has 96 valence electrons. The summed E-state index contributed by atoms with van der Waals surface area (Å²) in [5.74, 6) is 2.19. The van der Waals surface area contributed by atoms with Crippen LogP contribution in [-0.4, -0.2) is 24.6 Å². The van der Waals surface area contributed by atoms with Crippen molar-refractivity contribution in [3.8, 4) is 6.07 Å². The minimum absolute atomic E-state index is 0.538. The zero-order valence-electron chi connectivity index (χ0n) is 11.1. The van der Waals surface area contributed by atoms with Gasteiger partial charge in [-0.25, -0.2) is 4.98 Å². The van der Waals surface area contributed by atoms with Gasteiger partial charge in [0.25, 0.3) is 0 Å². The molecular weight excluding hydrogens is 224 g/mol. The molecule has 4 heteroatoms. The average Bonchev–Trinajstić information content (AvgIpc) is 2.39. The third-order valence-corrected chi connectivity index (χ3v) is 3.93. The third kappa shape index (κ3) is 2.46. The highest BCUT2D eigenvalue weighted by atomic mass is 15.2. The van der Waals surface area contributed by atoms with E-state index in [0.717, 1.165) is 37.6 Å². The molecule has 0 spiro atoms. The Bertz CT molecular complexity index is 463. The highest BCUT2D eigenvalue weighted by Crippen LogP contribution is 2.26. The third-order valence-electron chi connectivity index (χ3n) is 3.93. The fraction of sp³-hybridized carbons (Fsp3) is 0.571. The number of aromatic nitrogens is 1. The molecule has 1 aromatic rings. The molecule has 2 heterocycles. The standard InChI is InChI=1S/C14H20N4/c1-10-5-6-18(9-13(10)8-16)14-4-3-12(7-15)11(2)17-14/h3-4,10,13H,5-6,8-9,16H2,1-2H3. The monoisotopic (exact) mass is 244 g/mol. The predicted octanol–water partition coefficient (Wildman–Crippen LogP) is 1.68. The van der Waals surface area contributed by atoms with E-state index < -0.39 is 0 Å². The summed E-state index contributed by atoms with van der Waals surface area (Å²) < 4.78 is 0. The van der Waals surface area contributed by atoms with Gasteiger partial charge in [-0.2, -0.15) is 5.26 Å². The number of rotatable bonds is 2. The van der Waals surface area contributed by atoms with Gasteiger partial charge in [-0.05, 0) is 43.9 Å². The lowest BCUT2D eigenvalue weighted by Crippen LogP contribution is -2.43. The molecule has 0 radical (unpaired) electrons. The summed E-state index contributed by atoms with van der Waals surface area (Å²) in [4.78, 5) is 6.81. The van der Waals surface area contributed by atoms with Crippen molar-refractivity contribution in [2.24, 2.45) is 17.6 Å². The number of nitriles is 1. The summed E-state index contributed by atoms with van der Waals surface area (Å²) in [6, 6.07) is 5.95. The largest absolute Gasteiger partial charge is 0.356 e. The zero-order valence-corrected chi connectivity index (χ0v) is 11.1. The van der Waals surface area contributed by atoms with Gasteiger partial charge in [0.2, 0.25) is 0 Å². The highest BCUT2D eigenvalue weighted by molar-refractivity contribution is 5.45. The number of nitrogens with zero attached hydrogens (tertiary/aromatic N) is 3. The molecule has 2 unspecified atom stereocenters. The normalized spacial score (nSPS) is 23.8. The number of nitrogens with two attached hydrogens (primary N) is 1. The van der Waals surface area contributed by atoms with Crippen molar-refractivity contribution < 1.29 is 0 Å². The van der Waals surface area contributed by atoms with E-state index in [1.807, 2.05) is 19.1 Å². The van der Waals surface area contributed by atoms with Crippen LogP contribution < -0.4 is 10.6 Å². The summed E-state index contributed by atoms with van der Waals surface area (Å²) >= 11 is 0. The Balaban J connectivity index is 2.17. The van der Waals surface area contributed by atoms with Gasteiger partial charge in [-0.15, -0.1) is 0 Å². The molecular formula is C14H20N4. The molecule has 1 fully saturated rings. The lowest BCUT2D eigenvalue weighted by molar-refractivity contribution is 0.307. The van der Waals surface area contributed by atoms with Gasteiger partial charge in [0.1, 0.15) is 11.9 Å². The smallest absolute Gasteiger partial charge is 0.128 e. The van der Waals surface area contributed by atoms with Crippen molar-refractivity contribution in [1.29, 1.82) is 5.26 Å². The van der Waals surface area contributed by atoms with E-state index in [0.29, 0.717) is 17.4 Å². The summed E-state index contributed by atoms with van der Waals surface area (Å²) in [6.07, 6.45) is 1.16. The molecule has 1 aliphatic rings. The topological polar surface area (TPSA) is 65.9 Å². The van der Waals surface area contributed by atoms with Gasteiger partial charge < -0.3 is 10.6 Å². The minimum Gasteiger partial charge on any atom is -0.356 e. The van der Waals surface area contributed by atoms with E-state index in [9.17, 15) is 0 Å². The van der Waals surface area contributed by atoms with E-state index in [1.54, 1.807) is 0 Å². The molecule has 0 amide bonds. The van der Waals surface area contributed by atoms with Crippen molar-refractivity contribution in [2.45, 2.75) is 20.3 Å². The lowest BCUT2D eigenvalue weighted by Gasteiger charge is -2.37. The maximum atomic E-state index is 8.91. The summed E-state index contributed by atoms with van der Waals surface area (Å²) in [6.45, 7) is 6.88. The number of aryl methyl sites for hydroxylation is 1. The quantitative estimate of drug-likeness (QED) is 0.859. The molecule has 1 saturated heterocycles. The Morgan fingerprint density at radius 2 is 2.33 bits per heavy atom. The fourth-order valence-electron chi connectivity index (χ4n) is 2.51. The molecule has 0 aromatic carbocycles. The molecule has 0 bridgehead atoms. The Morgan fingerprint density at radius 3 is 2.94 bits per heavy atom. The lowest BCUT2D eigenvalue weighted by atomic mass is 9.87. The van der Waals surface area contributed by atoms with Crippen LogP contribution in [-0.2, 0) is 0 Å². The van der Waals surface area contributed by atoms with E-state index in [1.165, 1.54) is 0 Å². The second kappa shape index (κ2) is 5.36. The second-order valence-electron chi connectivity index (χ2n) is 5.12. The van der Waals surface area contributed by atoms with Crippen LogP contribution in [0.15, 0.2) is 12.1 Å². The van der Waals surface area contributed by atoms with Crippen LogP contribution in [0.25, 0.3) is 0 Å². The molecule has 0 saturated carbocycles. The molecule has 1 aliphatic heterocycles. The first-order valence-electron chi connectivity index (χ1n) is 6.48. The van der Waals surface area contributed by atoms with E-state index in [-0.39, 0.29) is 0 Å². The molecule has 4 nitrogen and oxygen atoms in total. The van der Waals surface area contributed by atoms with E-state index >= 15 is 0 Å². The number of piperidine rings is 1.